The molecule has 1 aliphatic rings. The summed E-state index contributed by atoms with van der Waals surface area (Å²) >= 11 is 0. The Balaban J connectivity index is 0.000000531. The quantitative estimate of drug-likeness (QED) is 0.804. The Bertz CT molecular complexity index is 261. The van der Waals surface area contributed by atoms with Gasteiger partial charge in [0.1, 0.15) is 5.76 Å². The molecule has 1 fully saturated rings. The number of furan rings is 1. The standard InChI is InChI=1S/C11H17NO.C2H6/c12-7-11-6-10(8-13-11)9-4-2-1-3-5-9;1-2/h6,8-9H,1-5,7,12H2;1-2H3. The van der Waals surface area contributed by atoms with E-state index in [9.17, 15) is 0 Å². The molecule has 0 spiro atoms. The Morgan fingerprint density at radius 1 is 1.27 bits per heavy atom. The van der Waals surface area contributed by atoms with Crippen molar-refractivity contribution in [2.45, 2.75) is 58.4 Å². The van der Waals surface area contributed by atoms with Gasteiger partial charge in [-0.3, -0.25) is 0 Å². The largest absolute Gasteiger partial charge is 0.468 e. The van der Waals surface area contributed by atoms with Gasteiger partial charge in [0.25, 0.3) is 0 Å². The molecule has 0 bridgehead atoms. The molecule has 1 aliphatic carbocycles. The van der Waals surface area contributed by atoms with Gasteiger partial charge in [-0.05, 0) is 30.4 Å². The van der Waals surface area contributed by atoms with Crippen LogP contribution in [-0.2, 0) is 6.54 Å². The smallest absolute Gasteiger partial charge is 0.117 e. The van der Waals surface area contributed by atoms with Gasteiger partial charge >= 0.3 is 0 Å². The summed E-state index contributed by atoms with van der Waals surface area (Å²) in [5.74, 6) is 1.65. The zero-order chi connectivity index (χ0) is 11.1. The summed E-state index contributed by atoms with van der Waals surface area (Å²) in [5, 5.41) is 0. The van der Waals surface area contributed by atoms with Gasteiger partial charge in [-0.1, -0.05) is 33.1 Å². The fourth-order valence-electron chi connectivity index (χ4n) is 2.15. The average Bonchev–Trinajstić information content (AvgIpc) is 2.81. The van der Waals surface area contributed by atoms with Gasteiger partial charge in [0, 0.05) is 0 Å². The van der Waals surface area contributed by atoms with Crippen molar-refractivity contribution in [1.82, 2.24) is 0 Å². The molecule has 0 unspecified atom stereocenters. The van der Waals surface area contributed by atoms with Crippen molar-refractivity contribution in [1.29, 1.82) is 0 Å². The van der Waals surface area contributed by atoms with E-state index >= 15 is 0 Å². The Labute approximate surface area is 92.9 Å². The zero-order valence-corrected chi connectivity index (χ0v) is 9.96. The maximum absolute atomic E-state index is 5.50. The van der Waals surface area contributed by atoms with Gasteiger partial charge in [-0.2, -0.15) is 0 Å². The van der Waals surface area contributed by atoms with Gasteiger partial charge in [-0.15, -0.1) is 0 Å². The first-order valence-corrected chi connectivity index (χ1v) is 6.17. The third-order valence-electron chi connectivity index (χ3n) is 2.95. The number of hydrogen-bond donors (Lipinski definition) is 1. The average molecular weight is 209 g/mol. The van der Waals surface area contributed by atoms with Gasteiger partial charge in [0.05, 0.1) is 12.8 Å². The molecule has 2 rings (SSSR count). The Hall–Kier alpha value is -0.760. The molecule has 1 aromatic heterocycles. The van der Waals surface area contributed by atoms with E-state index in [-0.39, 0.29) is 0 Å². The van der Waals surface area contributed by atoms with Crippen molar-refractivity contribution in [3.63, 3.8) is 0 Å². The van der Waals surface area contributed by atoms with E-state index in [4.69, 9.17) is 10.2 Å². The molecule has 1 heterocycles. The number of hydrogen-bond acceptors (Lipinski definition) is 2. The first-order chi connectivity index (χ1) is 7.40. The molecular formula is C13H23NO. The monoisotopic (exact) mass is 209 g/mol. The minimum Gasteiger partial charge on any atom is -0.468 e. The summed E-state index contributed by atoms with van der Waals surface area (Å²) < 4.78 is 5.34. The molecule has 15 heavy (non-hydrogen) atoms. The minimum atomic E-state index is 0.521. The fourth-order valence-corrected chi connectivity index (χ4v) is 2.15. The molecule has 0 aliphatic heterocycles. The van der Waals surface area contributed by atoms with Crippen LogP contribution in [0.25, 0.3) is 0 Å². The van der Waals surface area contributed by atoms with E-state index in [1.165, 1.54) is 37.7 Å². The maximum atomic E-state index is 5.50. The Kier molecular flexibility index (Phi) is 5.48. The second-order valence-corrected chi connectivity index (χ2v) is 3.89. The fraction of sp³-hybridized carbons (Fsp3) is 0.692. The second-order valence-electron chi connectivity index (χ2n) is 3.89. The molecular weight excluding hydrogens is 186 g/mol. The molecule has 1 aromatic rings. The van der Waals surface area contributed by atoms with Crippen molar-refractivity contribution in [3.05, 3.63) is 23.7 Å². The van der Waals surface area contributed by atoms with Crippen molar-refractivity contribution < 1.29 is 4.42 Å². The third kappa shape index (κ3) is 3.38. The van der Waals surface area contributed by atoms with Crippen LogP contribution in [0, 0.1) is 0 Å². The summed E-state index contributed by atoms with van der Waals surface area (Å²) in [6.45, 7) is 4.52. The third-order valence-corrected chi connectivity index (χ3v) is 2.95. The Morgan fingerprint density at radius 2 is 1.93 bits per heavy atom. The van der Waals surface area contributed by atoms with Crippen molar-refractivity contribution in [2.75, 3.05) is 0 Å². The summed E-state index contributed by atoms with van der Waals surface area (Å²) in [4.78, 5) is 0. The lowest BCUT2D eigenvalue weighted by Crippen LogP contribution is -2.03. The summed E-state index contributed by atoms with van der Waals surface area (Å²) in [7, 11) is 0. The van der Waals surface area contributed by atoms with Crippen LogP contribution in [-0.4, -0.2) is 0 Å². The lowest BCUT2D eigenvalue weighted by atomic mass is 9.85. The van der Waals surface area contributed by atoms with Crippen molar-refractivity contribution in [2.24, 2.45) is 5.73 Å². The summed E-state index contributed by atoms with van der Waals surface area (Å²) in [6, 6.07) is 2.12. The van der Waals surface area contributed by atoms with Crippen LogP contribution < -0.4 is 5.73 Å². The van der Waals surface area contributed by atoms with Crippen LogP contribution in [0.15, 0.2) is 16.7 Å². The molecule has 0 aromatic carbocycles. The molecule has 0 amide bonds. The minimum absolute atomic E-state index is 0.521. The maximum Gasteiger partial charge on any atom is 0.117 e. The number of rotatable bonds is 2. The highest BCUT2D eigenvalue weighted by atomic mass is 16.3. The zero-order valence-electron chi connectivity index (χ0n) is 9.96. The Morgan fingerprint density at radius 3 is 2.47 bits per heavy atom. The molecule has 0 saturated heterocycles. The highest BCUT2D eigenvalue weighted by Gasteiger charge is 2.17. The van der Waals surface area contributed by atoms with Crippen LogP contribution in [0.1, 0.15) is 63.2 Å². The first kappa shape index (κ1) is 12.3. The van der Waals surface area contributed by atoms with Crippen LogP contribution >= 0.6 is 0 Å². The predicted molar refractivity (Wildman–Crippen MR) is 63.8 cm³/mol. The van der Waals surface area contributed by atoms with Gasteiger partial charge in [0.15, 0.2) is 0 Å². The van der Waals surface area contributed by atoms with E-state index in [1.807, 2.05) is 20.1 Å². The van der Waals surface area contributed by atoms with Crippen molar-refractivity contribution in [3.8, 4) is 0 Å². The van der Waals surface area contributed by atoms with Crippen LogP contribution in [0.2, 0.25) is 0 Å². The normalized spacial score (nSPS) is 17.0. The molecule has 2 heteroatoms. The highest BCUT2D eigenvalue weighted by molar-refractivity contribution is 5.18. The lowest BCUT2D eigenvalue weighted by Gasteiger charge is -2.19. The first-order valence-electron chi connectivity index (χ1n) is 6.17. The van der Waals surface area contributed by atoms with Crippen LogP contribution in [0.4, 0.5) is 0 Å². The SMILES string of the molecule is CC.NCc1cc(C2CCCCC2)co1. The van der Waals surface area contributed by atoms with Crippen LogP contribution in [0.3, 0.4) is 0 Å². The summed E-state index contributed by atoms with van der Waals surface area (Å²) in [5.41, 5.74) is 6.86. The summed E-state index contributed by atoms with van der Waals surface area (Å²) in [6.07, 6.45) is 8.67. The molecule has 2 nitrogen and oxygen atoms in total. The predicted octanol–water partition coefficient (Wildman–Crippen LogP) is 3.81. The van der Waals surface area contributed by atoms with Crippen LogP contribution in [0.5, 0.6) is 0 Å². The van der Waals surface area contributed by atoms with E-state index in [0.29, 0.717) is 6.54 Å². The molecule has 2 N–H and O–H groups in total. The lowest BCUT2D eigenvalue weighted by molar-refractivity contribution is 0.438. The topological polar surface area (TPSA) is 39.2 Å². The van der Waals surface area contributed by atoms with E-state index in [2.05, 4.69) is 6.07 Å². The van der Waals surface area contributed by atoms with E-state index in [1.54, 1.807) is 0 Å². The highest BCUT2D eigenvalue weighted by Crippen LogP contribution is 2.33. The van der Waals surface area contributed by atoms with Gasteiger partial charge in [-0.25, -0.2) is 0 Å². The molecule has 0 atom stereocenters. The second kappa shape index (κ2) is 6.67. The van der Waals surface area contributed by atoms with E-state index < -0.39 is 0 Å². The van der Waals surface area contributed by atoms with E-state index in [0.717, 1.165) is 11.7 Å². The molecule has 1 saturated carbocycles. The van der Waals surface area contributed by atoms with Crippen molar-refractivity contribution >= 4 is 0 Å². The number of nitrogens with two attached hydrogens (primary N) is 1. The molecule has 86 valence electrons. The molecule has 0 radical (unpaired) electrons. The van der Waals surface area contributed by atoms with Gasteiger partial charge in [0.2, 0.25) is 0 Å². The van der Waals surface area contributed by atoms with Gasteiger partial charge < -0.3 is 10.2 Å².